The second kappa shape index (κ2) is 6.05. The number of aliphatic carboxylic acids is 1. The second-order valence-corrected chi connectivity index (χ2v) is 5.30. The summed E-state index contributed by atoms with van der Waals surface area (Å²) < 4.78 is 5.69. The molecule has 1 atom stereocenters. The minimum Gasteiger partial charge on any atom is -0.481 e. The van der Waals surface area contributed by atoms with E-state index in [0.29, 0.717) is 15.5 Å². The molecule has 0 radical (unpaired) electrons. The summed E-state index contributed by atoms with van der Waals surface area (Å²) in [4.78, 5) is 18.7. The van der Waals surface area contributed by atoms with Gasteiger partial charge in [-0.1, -0.05) is 18.7 Å². The molecule has 5 nitrogen and oxygen atoms in total. The third-order valence-electron chi connectivity index (χ3n) is 1.65. The van der Waals surface area contributed by atoms with Crippen LogP contribution in [0.1, 0.15) is 13.3 Å². The molecule has 0 saturated carbocycles. The van der Waals surface area contributed by atoms with Gasteiger partial charge in [0.2, 0.25) is 5.88 Å². The highest BCUT2D eigenvalue weighted by molar-refractivity contribution is 9.10. The molecule has 0 aliphatic heterocycles. The van der Waals surface area contributed by atoms with E-state index in [1.54, 1.807) is 6.20 Å². The lowest BCUT2D eigenvalue weighted by atomic mass is 10.3. The van der Waals surface area contributed by atoms with E-state index in [4.69, 9.17) is 9.84 Å². The van der Waals surface area contributed by atoms with Crippen molar-refractivity contribution in [2.75, 3.05) is 7.11 Å². The predicted octanol–water partition coefficient (Wildman–Crippen LogP) is 2.20. The largest absolute Gasteiger partial charge is 0.481 e. The van der Waals surface area contributed by atoms with Crippen molar-refractivity contribution in [2.24, 2.45) is 0 Å². The summed E-state index contributed by atoms with van der Waals surface area (Å²) in [5.41, 5.74) is 0. The Balaban J connectivity index is 2.70. The first-order valence-corrected chi connectivity index (χ1v) is 6.15. The number of hydrogen-bond acceptors (Lipinski definition) is 5. The Labute approximate surface area is 106 Å². The van der Waals surface area contributed by atoms with Gasteiger partial charge in [-0.2, -0.15) is 4.98 Å². The van der Waals surface area contributed by atoms with Crippen molar-refractivity contribution in [3.63, 3.8) is 0 Å². The van der Waals surface area contributed by atoms with Crippen LogP contribution in [0.4, 0.5) is 0 Å². The molecule has 0 aromatic carbocycles. The van der Waals surface area contributed by atoms with Crippen LogP contribution < -0.4 is 4.74 Å². The number of halogens is 1. The Hall–Kier alpha value is -0.820. The molecule has 0 bridgehead atoms. The van der Waals surface area contributed by atoms with Crippen molar-refractivity contribution in [2.45, 2.75) is 23.8 Å². The fourth-order valence-electron chi connectivity index (χ4n) is 1.00. The maximum atomic E-state index is 10.5. The summed E-state index contributed by atoms with van der Waals surface area (Å²) in [6.45, 7) is 1.82. The average molecular weight is 307 g/mol. The van der Waals surface area contributed by atoms with Gasteiger partial charge in [0.25, 0.3) is 0 Å². The molecule has 1 N–H and O–H groups in total. The third-order valence-corrected chi connectivity index (χ3v) is 3.17. The van der Waals surface area contributed by atoms with Gasteiger partial charge in [-0.15, -0.1) is 0 Å². The summed E-state index contributed by atoms with van der Waals surface area (Å²) in [5.74, 6) is -0.385. The zero-order valence-electron chi connectivity index (χ0n) is 8.81. The molecular weight excluding hydrogens is 296 g/mol. The molecule has 0 spiro atoms. The normalized spacial score (nSPS) is 12.2. The van der Waals surface area contributed by atoms with E-state index in [-0.39, 0.29) is 11.7 Å². The van der Waals surface area contributed by atoms with Gasteiger partial charge < -0.3 is 9.84 Å². The van der Waals surface area contributed by atoms with Crippen LogP contribution in [0, 0.1) is 0 Å². The molecule has 0 fully saturated rings. The molecule has 16 heavy (non-hydrogen) atoms. The number of ether oxygens (including phenoxy) is 1. The first-order valence-electron chi connectivity index (χ1n) is 4.48. The van der Waals surface area contributed by atoms with E-state index in [1.807, 2.05) is 6.92 Å². The zero-order valence-corrected chi connectivity index (χ0v) is 11.2. The molecule has 1 aromatic heterocycles. The van der Waals surface area contributed by atoms with Crippen molar-refractivity contribution >= 4 is 33.7 Å². The molecule has 0 amide bonds. The van der Waals surface area contributed by atoms with Gasteiger partial charge in [-0.3, -0.25) is 4.79 Å². The smallest absolute Gasteiger partial charge is 0.304 e. The van der Waals surface area contributed by atoms with E-state index in [0.717, 1.165) is 0 Å². The van der Waals surface area contributed by atoms with Crippen molar-refractivity contribution in [3.05, 3.63) is 10.7 Å². The van der Waals surface area contributed by atoms with Crippen molar-refractivity contribution < 1.29 is 14.6 Å². The van der Waals surface area contributed by atoms with E-state index in [2.05, 4.69) is 25.9 Å². The minimum atomic E-state index is -0.830. The highest BCUT2D eigenvalue weighted by atomic mass is 79.9. The van der Waals surface area contributed by atoms with Gasteiger partial charge in [0.1, 0.15) is 0 Å². The minimum absolute atomic E-state index is 0.0758. The van der Waals surface area contributed by atoms with Gasteiger partial charge in [-0.25, -0.2) is 4.98 Å². The number of methoxy groups -OCH3 is 1. The van der Waals surface area contributed by atoms with Gasteiger partial charge >= 0.3 is 5.97 Å². The number of hydrogen-bond donors (Lipinski definition) is 1. The maximum Gasteiger partial charge on any atom is 0.304 e. The summed E-state index contributed by atoms with van der Waals surface area (Å²) in [6, 6.07) is 0. The lowest BCUT2D eigenvalue weighted by Gasteiger charge is -2.08. The highest BCUT2D eigenvalue weighted by Crippen LogP contribution is 2.27. The standard InChI is InChI=1S/C9H11BrN2O3S/c1-5(3-7(13)14)16-9-11-4-6(10)8(12-9)15-2/h4-5H,3H2,1-2H3,(H,13,14). The Morgan fingerprint density at radius 2 is 2.44 bits per heavy atom. The third kappa shape index (κ3) is 3.97. The van der Waals surface area contributed by atoms with Crippen LogP contribution >= 0.6 is 27.7 Å². The monoisotopic (exact) mass is 306 g/mol. The molecular formula is C9H11BrN2O3S. The second-order valence-electron chi connectivity index (χ2n) is 3.04. The molecule has 1 heterocycles. The Morgan fingerprint density at radius 1 is 1.75 bits per heavy atom. The number of rotatable bonds is 5. The highest BCUT2D eigenvalue weighted by Gasteiger charge is 2.12. The van der Waals surface area contributed by atoms with Crippen LogP contribution in [-0.4, -0.2) is 33.4 Å². The maximum absolute atomic E-state index is 10.5. The SMILES string of the molecule is COc1nc(SC(C)CC(=O)O)ncc1Br. The molecule has 1 aromatic rings. The topological polar surface area (TPSA) is 72.3 Å². The number of thioether (sulfide) groups is 1. The van der Waals surface area contributed by atoms with Crippen LogP contribution in [0.5, 0.6) is 5.88 Å². The van der Waals surface area contributed by atoms with E-state index in [1.165, 1.54) is 18.9 Å². The predicted molar refractivity (Wildman–Crippen MR) is 63.9 cm³/mol. The number of carboxylic acid groups (broad SMARTS) is 1. The summed E-state index contributed by atoms with van der Waals surface area (Å²) in [5, 5.41) is 9.05. The number of carbonyl (C=O) groups is 1. The molecule has 0 saturated heterocycles. The molecule has 1 unspecified atom stereocenters. The molecule has 88 valence electrons. The van der Waals surface area contributed by atoms with Gasteiger partial charge in [0, 0.05) is 11.4 Å². The lowest BCUT2D eigenvalue weighted by molar-refractivity contribution is -0.136. The number of nitrogens with zero attached hydrogens (tertiary/aromatic N) is 2. The Morgan fingerprint density at radius 3 is 3.00 bits per heavy atom. The molecule has 7 heteroatoms. The Kier molecular flexibility index (Phi) is 5.01. The fraction of sp³-hybridized carbons (Fsp3) is 0.444. The first-order chi connectivity index (χ1) is 7.52. The van der Waals surface area contributed by atoms with Crippen LogP contribution in [0.25, 0.3) is 0 Å². The zero-order chi connectivity index (χ0) is 12.1. The number of carboxylic acids is 1. The van der Waals surface area contributed by atoms with Crippen LogP contribution in [-0.2, 0) is 4.79 Å². The number of aromatic nitrogens is 2. The fourth-order valence-corrected chi connectivity index (χ4v) is 2.19. The van der Waals surface area contributed by atoms with Gasteiger partial charge in [0.05, 0.1) is 18.0 Å². The quantitative estimate of drug-likeness (QED) is 0.664. The van der Waals surface area contributed by atoms with E-state index in [9.17, 15) is 4.79 Å². The van der Waals surface area contributed by atoms with Crippen molar-refractivity contribution in [1.29, 1.82) is 0 Å². The van der Waals surface area contributed by atoms with Crippen molar-refractivity contribution in [3.8, 4) is 5.88 Å². The summed E-state index contributed by atoms with van der Waals surface area (Å²) in [6.07, 6.45) is 1.66. The Bertz CT molecular complexity index is 389. The van der Waals surface area contributed by atoms with Crippen LogP contribution in [0.15, 0.2) is 15.8 Å². The van der Waals surface area contributed by atoms with E-state index >= 15 is 0 Å². The summed E-state index contributed by atoms with van der Waals surface area (Å²) >= 11 is 4.55. The van der Waals surface area contributed by atoms with Gasteiger partial charge in [0.15, 0.2) is 5.16 Å². The molecule has 0 aliphatic rings. The first kappa shape index (κ1) is 13.2. The van der Waals surface area contributed by atoms with E-state index < -0.39 is 5.97 Å². The average Bonchev–Trinajstić information content (AvgIpc) is 2.19. The molecule has 0 aliphatic carbocycles. The van der Waals surface area contributed by atoms with Crippen molar-refractivity contribution in [1.82, 2.24) is 9.97 Å². The van der Waals surface area contributed by atoms with Gasteiger partial charge in [-0.05, 0) is 15.9 Å². The lowest BCUT2D eigenvalue weighted by Crippen LogP contribution is -2.06. The van der Waals surface area contributed by atoms with Crippen LogP contribution in [0.2, 0.25) is 0 Å². The summed E-state index contributed by atoms with van der Waals surface area (Å²) in [7, 11) is 1.52. The molecule has 1 rings (SSSR count). The van der Waals surface area contributed by atoms with Crippen LogP contribution in [0.3, 0.4) is 0 Å².